The fourth-order valence-electron chi connectivity index (χ4n) is 2.22. The van der Waals surface area contributed by atoms with E-state index in [1.54, 1.807) is 0 Å². The Hall–Kier alpha value is -3.61. The number of aromatic amines is 4. The summed E-state index contributed by atoms with van der Waals surface area (Å²) in [5.41, 5.74) is 0.900. The Kier molecular flexibility index (Phi) is 4.24. The Bertz CT molecular complexity index is 1070. The minimum absolute atomic E-state index is 0.0413. The van der Waals surface area contributed by atoms with Crippen LogP contribution in [0.2, 0.25) is 0 Å². The van der Waals surface area contributed by atoms with Gasteiger partial charge in [0.15, 0.2) is 0 Å². The molecule has 0 aliphatic rings. The molecule has 0 spiro atoms. The molecule has 2 aromatic heterocycles. The number of fused-ring (bicyclic) bond motifs is 1. The third kappa shape index (κ3) is 3.41. The number of H-pyrrole nitrogens is 4. The smallest absolute Gasteiger partial charge is 0.300 e. The number of hydrogen-bond donors (Lipinski definition) is 4. The first-order chi connectivity index (χ1) is 11.6. The van der Waals surface area contributed by atoms with Crippen LogP contribution in [-0.4, -0.2) is 19.9 Å². The fourth-order valence-corrected chi connectivity index (χ4v) is 2.22. The van der Waals surface area contributed by atoms with Crippen LogP contribution in [0, 0.1) is 0 Å². The summed E-state index contributed by atoms with van der Waals surface area (Å²) >= 11 is 0. The molecule has 2 heterocycles. The molecule has 24 heavy (non-hydrogen) atoms. The van der Waals surface area contributed by atoms with Gasteiger partial charge in [0.1, 0.15) is 11.2 Å². The molecule has 2 aromatic carbocycles. The molecule has 0 unspecified atom stereocenters. The van der Waals surface area contributed by atoms with Crippen LogP contribution in [0.15, 0.2) is 75.0 Å². The first-order valence-electron chi connectivity index (χ1n) is 7.18. The highest BCUT2D eigenvalue weighted by atomic mass is 16.2. The third-order valence-corrected chi connectivity index (χ3v) is 3.30. The summed E-state index contributed by atoms with van der Waals surface area (Å²) in [5.74, 6) is 0. The highest BCUT2D eigenvalue weighted by molar-refractivity contribution is 5.67. The molecule has 4 aromatic rings. The molecule has 0 bridgehead atoms. The molecule has 0 atom stereocenters. The Morgan fingerprint density at radius 1 is 0.542 bits per heavy atom. The lowest BCUT2D eigenvalue weighted by molar-refractivity contribution is 1.07. The van der Waals surface area contributed by atoms with E-state index in [1.807, 2.05) is 17.1 Å². The highest BCUT2D eigenvalue weighted by Gasteiger charge is 2.02. The van der Waals surface area contributed by atoms with Crippen molar-refractivity contribution in [1.29, 1.82) is 0 Å². The fraction of sp³-hybridized carbons (Fsp3) is 0. The van der Waals surface area contributed by atoms with Crippen LogP contribution in [0.4, 0.5) is 0 Å². The molecule has 0 saturated heterocycles. The van der Waals surface area contributed by atoms with Gasteiger partial charge in [0.25, 0.3) is 5.56 Å². The van der Waals surface area contributed by atoms with E-state index in [2.05, 4.69) is 63.5 Å². The molecule has 0 radical (unpaired) electrons. The van der Waals surface area contributed by atoms with E-state index in [-0.39, 0.29) is 11.2 Å². The normalized spacial score (nSPS) is 10.2. The molecule has 0 amide bonds. The number of rotatable bonds is 1. The van der Waals surface area contributed by atoms with Gasteiger partial charge in [0.2, 0.25) is 0 Å². The first kappa shape index (κ1) is 15.3. The van der Waals surface area contributed by atoms with Crippen molar-refractivity contribution in [2.45, 2.75) is 0 Å². The largest absolute Gasteiger partial charge is 0.327 e. The second kappa shape index (κ2) is 6.66. The molecule has 0 fully saturated rings. The quantitative estimate of drug-likeness (QED) is 0.426. The number of imidazole rings is 1. The molecule has 7 nitrogen and oxygen atoms in total. The highest BCUT2D eigenvalue weighted by Crippen LogP contribution is 2.17. The van der Waals surface area contributed by atoms with E-state index in [0.29, 0.717) is 0 Å². The molecular formula is C17H14N4O3. The lowest BCUT2D eigenvalue weighted by Crippen LogP contribution is -2.21. The van der Waals surface area contributed by atoms with Crippen LogP contribution in [0.25, 0.3) is 22.3 Å². The monoisotopic (exact) mass is 322 g/mol. The summed E-state index contributed by atoms with van der Waals surface area (Å²) in [6.07, 6.45) is 0. The minimum Gasteiger partial charge on any atom is -0.300 e. The predicted octanol–water partition coefficient (Wildman–Crippen LogP) is 1.59. The minimum atomic E-state index is -0.650. The lowest BCUT2D eigenvalue weighted by atomic mass is 10.1. The predicted molar refractivity (Wildman–Crippen MR) is 92.0 cm³/mol. The van der Waals surface area contributed by atoms with Crippen LogP contribution in [0.5, 0.6) is 0 Å². The Labute approximate surface area is 135 Å². The van der Waals surface area contributed by atoms with Gasteiger partial charge in [-0.05, 0) is 11.1 Å². The lowest BCUT2D eigenvalue weighted by Gasteiger charge is -1.98. The second-order valence-electron chi connectivity index (χ2n) is 4.97. The number of nitrogens with one attached hydrogen (secondary N) is 4. The molecule has 120 valence electrons. The van der Waals surface area contributed by atoms with Crippen molar-refractivity contribution >= 4 is 11.2 Å². The van der Waals surface area contributed by atoms with Crippen molar-refractivity contribution in [3.63, 3.8) is 0 Å². The van der Waals surface area contributed by atoms with Gasteiger partial charge >= 0.3 is 11.4 Å². The van der Waals surface area contributed by atoms with Gasteiger partial charge in [-0.3, -0.25) is 24.7 Å². The van der Waals surface area contributed by atoms with Gasteiger partial charge in [0.05, 0.1) is 0 Å². The standard InChI is InChI=1S/C12H10.C5H4N4O3/c1-3-7-11(8-4-1)12-9-5-2-6-10-12;10-3-1-2(7-4(11)6-1)8-5(12)9-3/h1-10H;(H4,6,7,8,9,10,11,12). The topological polar surface area (TPSA) is 114 Å². The van der Waals surface area contributed by atoms with Crippen molar-refractivity contribution in [2.24, 2.45) is 0 Å². The van der Waals surface area contributed by atoms with E-state index >= 15 is 0 Å². The maximum Gasteiger partial charge on any atom is 0.327 e. The van der Waals surface area contributed by atoms with Crippen LogP contribution >= 0.6 is 0 Å². The SMILES string of the molecule is O=c1[nH]c(=O)c2[nH]c(=O)[nH]c2[nH]1.c1ccc(-c2ccccc2)cc1. The van der Waals surface area contributed by atoms with E-state index in [4.69, 9.17) is 0 Å². The van der Waals surface area contributed by atoms with Gasteiger partial charge in [-0.25, -0.2) is 9.59 Å². The van der Waals surface area contributed by atoms with Gasteiger partial charge in [-0.2, -0.15) is 0 Å². The summed E-state index contributed by atoms with van der Waals surface area (Å²) < 4.78 is 0. The Morgan fingerprint density at radius 2 is 1.00 bits per heavy atom. The van der Waals surface area contributed by atoms with Crippen LogP contribution in [-0.2, 0) is 0 Å². The van der Waals surface area contributed by atoms with Crippen molar-refractivity contribution in [3.8, 4) is 11.1 Å². The van der Waals surface area contributed by atoms with E-state index in [0.717, 1.165) is 0 Å². The Morgan fingerprint density at radius 3 is 1.50 bits per heavy atom. The summed E-state index contributed by atoms with van der Waals surface area (Å²) in [6.45, 7) is 0. The van der Waals surface area contributed by atoms with Crippen molar-refractivity contribution in [1.82, 2.24) is 19.9 Å². The third-order valence-electron chi connectivity index (χ3n) is 3.30. The van der Waals surface area contributed by atoms with Crippen LogP contribution in [0.3, 0.4) is 0 Å². The second-order valence-corrected chi connectivity index (χ2v) is 4.97. The van der Waals surface area contributed by atoms with E-state index in [1.165, 1.54) is 11.1 Å². The van der Waals surface area contributed by atoms with Gasteiger partial charge in [-0.1, -0.05) is 60.7 Å². The summed E-state index contributed by atoms with van der Waals surface area (Å²) in [4.78, 5) is 41.0. The number of aromatic nitrogens is 4. The van der Waals surface area contributed by atoms with Crippen LogP contribution in [0.1, 0.15) is 0 Å². The zero-order chi connectivity index (χ0) is 16.9. The number of hydrogen-bond acceptors (Lipinski definition) is 3. The van der Waals surface area contributed by atoms with Crippen molar-refractivity contribution < 1.29 is 0 Å². The molecule has 0 aliphatic carbocycles. The van der Waals surface area contributed by atoms with Gasteiger partial charge in [0, 0.05) is 0 Å². The van der Waals surface area contributed by atoms with Crippen LogP contribution < -0.4 is 16.9 Å². The van der Waals surface area contributed by atoms with Crippen molar-refractivity contribution in [2.75, 3.05) is 0 Å². The molecular weight excluding hydrogens is 308 g/mol. The maximum absolute atomic E-state index is 10.9. The van der Waals surface area contributed by atoms with E-state index < -0.39 is 16.9 Å². The average Bonchev–Trinajstić information content (AvgIpc) is 2.98. The molecule has 4 N–H and O–H groups in total. The molecule has 4 rings (SSSR count). The zero-order valence-electron chi connectivity index (χ0n) is 12.5. The van der Waals surface area contributed by atoms with Crippen molar-refractivity contribution in [3.05, 3.63) is 92.0 Å². The zero-order valence-corrected chi connectivity index (χ0v) is 12.5. The van der Waals surface area contributed by atoms with Gasteiger partial charge < -0.3 is 0 Å². The Balaban J connectivity index is 0.000000141. The molecule has 0 saturated carbocycles. The van der Waals surface area contributed by atoms with E-state index in [9.17, 15) is 14.4 Å². The maximum atomic E-state index is 10.9. The summed E-state index contributed by atoms with van der Waals surface area (Å²) in [7, 11) is 0. The molecule has 7 heteroatoms. The van der Waals surface area contributed by atoms with Gasteiger partial charge in [-0.15, -0.1) is 0 Å². The summed E-state index contributed by atoms with van der Waals surface area (Å²) in [5, 5.41) is 0. The molecule has 0 aliphatic heterocycles. The summed E-state index contributed by atoms with van der Waals surface area (Å²) in [6, 6.07) is 20.8. The first-order valence-corrected chi connectivity index (χ1v) is 7.18. The average molecular weight is 322 g/mol. The number of benzene rings is 2.